The van der Waals surface area contributed by atoms with Crippen molar-refractivity contribution in [2.75, 3.05) is 18.0 Å². The number of para-hydroxylation sites is 1. The molecule has 0 radical (unpaired) electrons. The monoisotopic (exact) mass is 353 g/mol. The van der Waals surface area contributed by atoms with Gasteiger partial charge in [0.15, 0.2) is 5.78 Å². The third-order valence-corrected chi connectivity index (χ3v) is 4.91. The molecular formula is C23H31NO2. The van der Waals surface area contributed by atoms with E-state index in [0.717, 1.165) is 42.7 Å². The summed E-state index contributed by atoms with van der Waals surface area (Å²) in [4.78, 5) is 15.6. The lowest BCUT2D eigenvalue weighted by Gasteiger charge is -2.25. The SMILES string of the molecule is CCCCCCc1cccc(N(CC)CC)c1C(=O)c1ccccc1O. The zero-order chi connectivity index (χ0) is 18.9. The Bertz CT molecular complexity index is 720. The Balaban J connectivity index is 2.47. The van der Waals surface area contributed by atoms with Gasteiger partial charge in [0.25, 0.3) is 0 Å². The van der Waals surface area contributed by atoms with Gasteiger partial charge in [0, 0.05) is 24.3 Å². The summed E-state index contributed by atoms with van der Waals surface area (Å²) in [5.41, 5.74) is 3.17. The van der Waals surface area contributed by atoms with Crippen molar-refractivity contribution in [2.24, 2.45) is 0 Å². The van der Waals surface area contributed by atoms with Crippen LogP contribution >= 0.6 is 0 Å². The molecule has 0 unspecified atom stereocenters. The number of aromatic hydroxyl groups is 1. The van der Waals surface area contributed by atoms with Crippen LogP contribution in [0.2, 0.25) is 0 Å². The molecule has 0 atom stereocenters. The average Bonchev–Trinajstić information content (AvgIpc) is 2.66. The van der Waals surface area contributed by atoms with E-state index >= 15 is 0 Å². The molecule has 1 N–H and O–H groups in total. The summed E-state index contributed by atoms with van der Waals surface area (Å²) in [5.74, 6) is -0.0418. The van der Waals surface area contributed by atoms with Crippen molar-refractivity contribution < 1.29 is 9.90 Å². The molecule has 0 spiro atoms. The summed E-state index contributed by atoms with van der Waals surface area (Å²) in [6.07, 6.45) is 5.57. The Labute approximate surface area is 157 Å². The molecule has 26 heavy (non-hydrogen) atoms. The van der Waals surface area contributed by atoms with Crippen LogP contribution in [-0.4, -0.2) is 24.0 Å². The predicted octanol–water partition coefficient (Wildman–Crippen LogP) is 5.59. The minimum atomic E-state index is -0.0870. The first-order chi connectivity index (χ1) is 12.6. The first-order valence-corrected chi connectivity index (χ1v) is 9.83. The Hall–Kier alpha value is -2.29. The molecule has 0 saturated heterocycles. The van der Waals surface area contributed by atoms with Gasteiger partial charge in [0.05, 0.1) is 5.56 Å². The Kier molecular flexibility index (Phi) is 7.71. The van der Waals surface area contributed by atoms with Crippen LogP contribution in [0.4, 0.5) is 5.69 Å². The largest absolute Gasteiger partial charge is 0.507 e. The van der Waals surface area contributed by atoms with E-state index in [2.05, 4.69) is 31.7 Å². The average molecular weight is 354 g/mol. The van der Waals surface area contributed by atoms with Crippen molar-refractivity contribution in [3.8, 4) is 5.75 Å². The van der Waals surface area contributed by atoms with Gasteiger partial charge in [-0.15, -0.1) is 0 Å². The molecule has 3 heteroatoms. The third-order valence-electron chi connectivity index (χ3n) is 4.91. The quantitative estimate of drug-likeness (QED) is 0.447. The second-order valence-corrected chi connectivity index (χ2v) is 6.64. The minimum Gasteiger partial charge on any atom is -0.507 e. The number of ketones is 1. The molecule has 3 nitrogen and oxygen atoms in total. The number of phenols is 1. The fourth-order valence-corrected chi connectivity index (χ4v) is 3.43. The van der Waals surface area contributed by atoms with Crippen molar-refractivity contribution in [3.63, 3.8) is 0 Å². The van der Waals surface area contributed by atoms with E-state index in [9.17, 15) is 9.90 Å². The van der Waals surface area contributed by atoms with Crippen LogP contribution in [0.1, 0.15) is 67.9 Å². The zero-order valence-corrected chi connectivity index (χ0v) is 16.3. The van der Waals surface area contributed by atoms with E-state index in [4.69, 9.17) is 0 Å². The molecule has 0 aliphatic carbocycles. The zero-order valence-electron chi connectivity index (χ0n) is 16.3. The standard InChI is InChI=1S/C23H31NO2/c1-4-7-8-9-13-18-14-12-16-20(24(5-2)6-3)22(18)23(26)19-15-10-11-17-21(19)25/h10-12,14-17,25H,4-9,13H2,1-3H3. The van der Waals surface area contributed by atoms with Gasteiger partial charge in [-0.25, -0.2) is 0 Å². The highest BCUT2D eigenvalue weighted by Gasteiger charge is 2.22. The van der Waals surface area contributed by atoms with Crippen molar-refractivity contribution in [1.82, 2.24) is 0 Å². The summed E-state index contributed by atoms with van der Waals surface area (Å²) in [6.45, 7) is 8.10. The second kappa shape index (κ2) is 10.0. The van der Waals surface area contributed by atoms with Crippen LogP contribution in [0.3, 0.4) is 0 Å². The highest BCUT2D eigenvalue weighted by Crippen LogP contribution is 2.30. The van der Waals surface area contributed by atoms with Crippen LogP contribution in [-0.2, 0) is 6.42 Å². The number of anilines is 1. The number of unbranched alkanes of at least 4 members (excludes halogenated alkanes) is 3. The second-order valence-electron chi connectivity index (χ2n) is 6.64. The third kappa shape index (κ3) is 4.66. The van der Waals surface area contributed by atoms with Crippen LogP contribution in [0.15, 0.2) is 42.5 Å². The smallest absolute Gasteiger partial charge is 0.199 e. The molecule has 0 saturated carbocycles. The van der Waals surface area contributed by atoms with Crippen molar-refractivity contribution in [3.05, 3.63) is 59.2 Å². The Morgan fingerprint density at radius 3 is 2.31 bits per heavy atom. The number of rotatable bonds is 10. The first-order valence-electron chi connectivity index (χ1n) is 9.83. The van der Waals surface area contributed by atoms with Gasteiger partial charge in [-0.1, -0.05) is 50.5 Å². The van der Waals surface area contributed by atoms with E-state index in [1.807, 2.05) is 12.1 Å². The molecule has 0 fully saturated rings. The van der Waals surface area contributed by atoms with Crippen molar-refractivity contribution >= 4 is 11.5 Å². The number of aryl methyl sites for hydroxylation is 1. The number of hydrogen-bond acceptors (Lipinski definition) is 3. The number of carbonyl (C=O) groups is 1. The van der Waals surface area contributed by atoms with Crippen molar-refractivity contribution in [1.29, 1.82) is 0 Å². The lowest BCUT2D eigenvalue weighted by Crippen LogP contribution is -2.25. The van der Waals surface area contributed by atoms with Crippen LogP contribution in [0.5, 0.6) is 5.75 Å². The number of hydrogen-bond donors (Lipinski definition) is 1. The normalized spacial score (nSPS) is 10.7. The summed E-state index contributed by atoms with van der Waals surface area (Å²) in [5, 5.41) is 10.2. The van der Waals surface area contributed by atoms with Crippen LogP contribution < -0.4 is 4.90 Å². The fourth-order valence-electron chi connectivity index (χ4n) is 3.43. The molecule has 0 aliphatic heterocycles. The van der Waals surface area contributed by atoms with Crippen molar-refractivity contribution in [2.45, 2.75) is 52.9 Å². The minimum absolute atomic E-state index is 0.0452. The molecule has 0 heterocycles. The van der Waals surface area contributed by atoms with Gasteiger partial charge >= 0.3 is 0 Å². The summed E-state index contributed by atoms with van der Waals surface area (Å²) >= 11 is 0. The number of nitrogens with zero attached hydrogens (tertiary/aromatic N) is 1. The highest BCUT2D eigenvalue weighted by molar-refractivity contribution is 6.14. The lowest BCUT2D eigenvalue weighted by molar-refractivity contribution is 0.103. The maximum Gasteiger partial charge on any atom is 0.199 e. The van der Waals surface area contributed by atoms with E-state index in [1.54, 1.807) is 24.3 Å². The molecule has 140 valence electrons. The van der Waals surface area contributed by atoms with E-state index < -0.39 is 0 Å². The summed E-state index contributed by atoms with van der Waals surface area (Å²) in [7, 11) is 0. The van der Waals surface area contributed by atoms with E-state index in [-0.39, 0.29) is 11.5 Å². The van der Waals surface area contributed by atoms with E-state index in [0.29, 0.717) is 5.56 Å². The molecule has 2 rings (SSSR count). The topological polar surface area (TPSA) is 40.5 Å². The van der Waals surface area contributed by atoms with Gasteiger partial charge in [0.2, 0.25) is 0 Å². The first kappa shape index (κ1) is 20.0. The molecular weight excluding hydrogens is 322 g/mol. The van der Waals surface area contributed by atoms with Gasteiger partial charge in [-0.05, 0) is 50.5 Å². The maximum atomic E-state index is 13.3. The van der Waals surface area contributed by atoms with Gasteiger partial charge in [-0.2, -0.15) is 0 Å². The van der Waals surface area contributed by atoms with E-state index in [1.165, 1.54) is 19.3 Å². The molecule has 2 aromatic carbocycles. The predicted molar refractivity (Wildman–Crippen MR) is 109 cm³/mol. The van der Waals surface area contributed by atoms with Crippen LogP contribution in [0.25, 0.3) is 0 Å². The maximum absolute atomic E-state index is 13.3. The molecule has 0 aliphatic rings. The number of benzene rings is 2. The summed E-state index contributed by atoms with van der Waals surface area (Å²) < 4.78 is 0. The lowest BCUT2D eigenvalue weighted by atomic mass is 9.92. The molecule has 0 amide bonds. The van der Waals surface area contributed by atoms with Gasteiger partial charge in [-0.3, -0.25) is 4.79 Å². The molecule has 2 aromatic rings. The Morgan fingerprint density at radius 2 is 1.65 bits per heavy atom. The van der Waals surface area contributed by atoms with Crippen LogP contribution in [0, 0.1) is 0 Å². The fraction of sp³-hybridized carbons (Fsp3) is 0.435. The number of carbonyl (C=O) groups excluding carboxylic acids is 1. The molecule has 0 aromatic heterocycles. The Morgan fingerprint density at radius 1 is 0.923 bits per heavy atom. The highest BCUT2D eigenvalue weighted by atomic mass is 16.3. The molecule has 0 bridgehead atoms. The van der Waals surface area contributed by atoms with Gasteiger partial charge < -0.3 is 10.0 Å². The van der Waals surface area contributed by atoms with Gasteiger partial charge in [0.1, 0.15) is 5.75 Å². The summed E-state index contributed by atoms with van der Waals surface area (Å²) in [6, 6.07) is 13.0. The number of phenolic OH excluding ortho intramolecular Hbond substituents is 1.